The van der Waals surface area contributed by atoms with Crippen LogP contribution in [-0.4, -0.2) is 5.78 Å². The van der Waals surface area contributed by atoms with E-state index in [-0.39, 0.29) is 11.3 Å². The molecule has 98 valence electrons. The van der Waals surface area contributed by atoms with Crippen LogP contribution < -0.4 is 0 Å². The summed E-state index contributed by atoms with van der Waals surface area (Å²) in [5, 5.41) is 0. The molecule has 0 saturated carbocycles. The lowest BCUT2D eigenvalue weighted by atomic mass is 9.98. The van der Waals surface area contributed by atoms with Crippen molar-refractivity contribution >= 4 is 5.78 Å². The molecule has 2 aromatic rings. The molecule has 0 spiro atoms. The Hall–Kier alpha value is -1.96. The number of benzene rings is 2. The second kappa shape index (κ2) is 5.79. The van der Waals surface area contributed by atoms with Gasteiger partial charge in [0.15, 0.2) is 5.78 Å². The van der Waals surface area contributed by atoms with Gasteiger partial charge in [-0.3, -0.25) is 4.79 Å². The van der Waals surface area contributed by atoms with Crippen LogP contribution in [-0.2, 0) is 6.42 Å². The Labute approximate surface area is 113 Å². The van der Waals surface area contributed by atoms with Crippen LogP contribution in [0.3, 0.4) is 0 Å². The number of hydrogen-bond donors (Lipinski definition) is 0. The first-order chi connectivity index (χ1) is 9.11. The predicted octanol–water partition coefficient (Wildman–Crippen LogP) is 4.32. The van der Waals surface area contributed by atoms with Crippen LogP contribution in [0, 0.1) is 12.7 Å². The first kappa shape index (κ1) is 13.5. The van der Waals surface area contributed by atoms with Gasteiger partial charge in [-0.1, -0.05) is 43.2 Å². The summed E-state index contributed by atoms with van der Waals surface area (Å²) < 4.78 is 13.7. The molecule has 0 heterocycles. The van der Waals surface area contributed by atoms with E-state index in [2.05, 4.69) is 6.92 Å². The minimum atomic E-state index is -0.462. The number of rotatable bonds is 4. The van der Waals surface area contributed by atoms with E-state index in [9.17, 15) is 9.18 Å². The van der Waals surface area contributed by atoms with Gasteiger partial charge in [0.05, 0.1) is 5.56 Å². The Bertz CT molecular complexity index is 602. The van der Waals surface area contributed by atoms with Crippen molar-refractivity contribution in [3.8, 4) is 0 Å². The Balaban J connectivity index is 2.38. The fourth-order valence-corrected chi connectivity index (χ4v) is 2.13. The fraction of sp³-hybridized carbons (Fsp3) is 0.235. The average Bonchev–Trinajstić information content (AvgIpc) is 2.41. The number of hydrogen-bond acceptors (Lipinski definition) is 1. The predicted molar refractivity (Wildman–Crippen MR) is 75.0 cm³/mol. The topological polar surface area (TPSA) is 17.1 Å². The van der Waals surface area contributed by atoms with Crippen molar-refractivity contribution < 1.29 is 9.18 Å². The first-order valence-electron chi connectivity index (χ1n) is 6.51. The van der Waals surface area contributed by atoms with Crippen molar-refractivity contribution in [1.29, 1.82) is 0 Å². The molecule has 0 aliphatic rings. The molecular weight excluding hydrogens is 239 g/mol. The van der Waals surface area contributed by atoms with Gasteiger partial charge in [0.2, 0.25) is 0 Å². The van der Waals surface area contributed by atoms with Crippen molar-refractivity contribution in [2.45, 2.75) is 26.7 Å². The molecule has 2 rings (SSSR count). The fourth-order valence-electron chi connectivity index (χ4n) is 2.13. The van der Waals surface area contributed by atoms with E-state index in [1.54, 1.807) is 18.2 Å². The second-order valence-corrected chi connectivity index (χ2v) is 4.76. The number of halogens is 1. The highest BCUT2D eigenvalue weighted by molar-refractivity contribution is 6.09. The first-order valence-corrected chi connectivity index (χ1v) is 6.51. The third kappa shape index (κ3) is 3.08. The van der Waals surface area contributed by atoms with Gasteiger partial charge in [0.1, 0.15) is 5.82 Å². The third-order valence-corrected chi connectivity index (χ3v) is 3.09. The Morgan fingerprint density at radius 1 is 1.16 bits per heavy atom. The van der Waals surface area contributed by atoms with Gasteiger partial charge in [0.25, 0.3) is 0 Å². The number of carbonyl (C=O) groups excluding carboxylic acids is 1. The van der Waals surface area contributed by atoms with E-state index in [4.69, 9.17) is 0 Å². The summed E-state index contributed by atoms with van der Waals surface area (Å²) >= 11 is 0. The second-order valence-electron chi connectivity index (χ2n) is 4.76. The van der Waals surface area contributed by atoms with Gasteiger partial charge in [-0.05, 0) is 37.1 Å². The summed E-state index contributed by atoms with van der Waals surface area (Å²) in [5.41, 5.74) is 2.69. The molecule has 19 heavy (non-hydrogen) atoms. The molecule has 0 saturated heterocycles. The van der Waals surface area contributed by atoms with Crippen molar-refractivity contribution in [2.75, 3.05) is 0 Å². The zero-order valence-corrected chi connectivity index (χ0v) is 11.2. The van der Waals surface area contributed by atoms with Crippen molar-refractivity contribution in [3.05, 3.63) is 70.5 Å². The highest BCUT2D eigenvalue weighted by Gasteiger charge is 2.14. The van der Waals surface area contributed by atoms with E-state index in [1.165, 1.54) is 6.07 Å². The quantitative estimate of drug-likeness (QED) is 0.745. The number of carbonyl (C=O) groups is 1. The third-order valence-electron chi connectivity index (χ3n) is 3.09. The minimum absolute atomic E-state index is 0.147. The van der Waals surface area contributed by atoms with E-state index < -0.39 is 5.82 Å². The molecule has 0 atom stereocenters. The molecule has 0 amide bonds. The van der Waals surface area contributed by atoms with Gasteiger partial charge in [0, 0.05) is 5.56 Å². The molecule has 0 aliphatic heterocycles. The lowest BCUT2D eigenvalue weighted by Crippen LogP contribution is -2.05. The van der Waals surface area contributed by atoms with E-state index in [0.717, 1.165) is 24.0 Å². The molecule has 0 bridgehead atoms. The molecule has 0 unspecified atom stereocenters. The maximum atomic E-state index is 13.7. The molecule has 0 aliphatic carbocycles. The summed E-state index contributed by atoms with van der Waals surface area (Å²) in [7, 11) is 0. The lowest BCUT2D eigenvalue weighted by molar-refractivity contribution is 0.103. The largest absolute Gasteiger partial charge is 0.288 e. The maximum Gasteiger partial charge on any atom is 0.195 e. The molecule has 2 aromatic carbocycles. The van der Waals surface area contributed by atoms with Crippen LogP contribution in [0.1, 0.15) is 40.4 Å². The van der Waals surface area contributed by atoms with Gasteiger partial charge >= 0.3 is 0 Å². The number of aryl methyl sites for hydroxylation is 2. The summed E-state index contributed by atoms with van der Waals surface area (Å²) in [5.74, 6) is -0.712. The lowest BCUT2D eigenvalue weighted by Gasteiger charge is -2.06. The summed E-state index contributed by atoms with van der Waals surface area (Å²) in [6.07, 6.45) is 1.95. The summed E-state index contributed by atoms with van der Waals surface area (Å²) in [4.78, 5) is 12.3. The van der Waals surface area contributed by atoms with E-state index in [0.29, 0.717) is 5.56 Å². The maximum absolute atomic E-state index is 13.7. The van der Waals surface area contributed by atoms with Gasteiger partial charge in [-0.25, -0.2) is 4.39 Å². The smallest absolute Gasteiger partial charge is 0.195 e. The van der Waals surface area contributed by atoms with Crippen molar-refractivity contribution in [3.63, 3.8) is 0 Å². The molecule has 0 N–H and O–H groups in total. The van der Waals surface area contributed by atoms with Crippen molar-refractivity contribution in [2.24, 2.45) is 0 Å². The molecule has 0 fully saturated rings. The highest BCUT2D eigenvalue weighted by atomic mass is 19.1. The molecule has 0 radical (unpaired) electrons. The van der Waals surface area contributed by atoms with Gasteiger partial charge < -0.3 is 0 Å². The minimum Gasteiger partial charge on any atom is -0.288 e. The summed E-state index contributed by atoms with van der Waals surface area (Å²) in [6.45, 7) is 3.94. The Kier molecular flexibility index (Phi) is 4.10. The van der Waals surface area contributed by atoms with Crippen LogP contribution in [0.4, 0.5) is 4.39 Å². The highest BCUT2D eigenvalue weighted by Crippen LogP contribution is 2.17. The van der Waals surface area contributed by atoms with Crippen LogP contribution in [0.25, 0.3) is 0 Å². The zero-order chi connectivity index (χ0) is 13.8. The van der Waals surface area contributed by atoms with Gasteiger partial charge in [-0.15, -0.1) is 0 Å². The summed E-state index contributed by atoms with van der Waals surface area (Å²) in [6, 6.07) is 12.1. The number of ketones is 1. The van der Waals surface area contributed by atoms with Crippen LogP contribution in [0.2, 0.25) is 0 Å². The zero-order valence-electron chi connectivity index (χ0n) is 11.2. The molecule has 0 aromatic heterocycles. The van der Waals surface area contributed by atoms with Crippen LogP contribution in [0.15, 0.2) is 42.5 Å². The standard InChI is InChI=1S/C17H17FO/c1-3-5-13-6-4-7-14(11-13)17(19)15-10-12(2)8-9-16(15)18/h4,6-11H,3,5H2,1-2H3. The van der Waals surface area contributed by atoms with Gasteiger partial charge in [-0.2, -0.15) is 0 Å². The SMILES string of the molecule is CCCc1cccc(C(=O)c2cc(C)ccc2F)c1. The molecule has 2 heteroatoms. The molecule has 1 nitrogen and oxygen atoms in total. The Morgan fingerprint density at radius 3 is 2.68 bits per heavy atom. The van der Waals surface area contributed by atoms with E-state index >= 15 is 0 Å². The molecular formula is C17H17FO. The normalized spacial score (nSPS) is 10.5. The van der Waals surface area contributed by atoms with Crippen LogP contribution >= 0.6 is 0 Å². The average molecular weight is 256 g/mol. The van der Waals surface area contributed by atoms with E-state index in [1.807, 2.05) is 25.1 Å². The van der Waals surface area contributed by atoms with Crippen LogP contribution in [0.5, 0.6) is 0 Å². The Morgan fingerprint density at radius 2 is 1.95 bits per heavy atom. The monoisotopic (exact) mass is 256 g/mol. The van der Waals surface area contributed by atoms with Crippen molar-refractivity contribution in [1.82, 2.24) is 0 Å².